The summed E-state index contributed by atoms with van der Waals surface area (Å²) in [5.74, 6) is 0. The molecule has 1 aliphatic rings. The van der Waals surface area contributed by atoms with Gasteiger partial charge in [0.25, 0.3) is 10.2 Å². The van der Waals surface area contributed by atoms with Crippen molar-refractivity contribution in [3.05, 3.63) is 0 Å². The van der Waals surface area contributed by atoms with Gasteiger partial charge in [-0.1, -0.05) is 12.8 Å². The lowest BCUT2D eigenvalue weighted by atomic mass is 10.3. The highest BCUT2D eigenvalue weighted by atomic mass is 32.2. The number of aliphatic hydroxyl groups excluding tert-OH is 1. The zero-order valence-corrected chi connectivity index (χ0v) is 9.18. The summed E-state index contributed by atoms with van der Waals surface area (Å²) < 4.78 is 27.8. The van der Waals surface area contributed by atoms with Crippen LogP contribution in [0, 0.1) is 0 Å². The highest BCUT2D eigenvalue weighted by Gasteiger charge is 2.21. The SMILES string of the molecule is CC(CO)NS(=O)(=O)NC1CCCC1. The van der Waals surface area contributed by atoms with Gasteiger partial charge in [-0.15, -0.1) is 0 Å². The molecule has 3 N–H and O–H groups in total. The number of aliphatic hydroxyl groups is 1. The molecule has 1 rings (SSSR count). The maximum Gasteiger partial charge on any atom is 0.277 e. The van der Waals surface area contributed by atoms with Crippen LogP contribution >= 0.6 is 0 Å². The van der Waals surface area contributed by atoms with Crippen LogP contribution in [0.3, 0.4) is 0 Å². The van der Waals surface area contributed by atoms with Gasteiger partial charge in [-0.05, 0) is 19.8 Å². The molecule has 1 atom stereocenters. The topological polar surface area (TPSA) is 78.4 Å². The van der Waals surface area contributed by atoms with Crippen molar-refractivity contribution in [1.29, 1.82) is 0 Å². The van der Waals surface area contributed by atoms with E-state index in [-0.39, 0.29) is 12.6 Å². The molecule has 1 saturated carbocycles. The molecule has 5 nitrogen and oxygen atoms in total. The Morgan fingerprint density at radius 3 is 2.50 bits per heavy atom. The molecule has 0 aliphatic heterocycles. The summed E-state index contributed by atoms with van der Waals surface area (Å²) >= 11 is 0. The molecule has 14 heavy (non-hydrogen) atoms. The van der Waals surface area contributed by atoms with Gasteiger partial charge < -0.3 is 5.11 Å². The van der Waals surface area contributed by atoms with Gasteiger partial charge in [0.1, 0.15) is 0 Å². The fraction of sp³-hybridized carbons (Fsp3) is 1.00. The van der Waals surface area contributed by atoms with Crippen LogP contribution in [0.2, 0.25) is 0 Å². The summed E-state index contributed by atoms with van der Waals surface area (Å²) in [4.78, 5) is 0. The molecule has 0 aromatic rings. The first kappa shape index (κ1) is 11.9. The Balaban J connectivity index is 2.40. The van der Waals surface area contributed by atoms with Crippen LogP contribution in [0.4, 0.5) is 0 Å². The molecule has 0 spiro atoms. The molecule has 0 aromatic carbocycles. The fourth-order valence-corrected chi connectivity index (χ4v) is 2.95. The summed E-state index contributed by atoms with van der Waals surface area (Å²) in [6.07, 6.45) is 3.99. The van der Waals surface area contributed by atoms with E-state index in [1.165, 1.54) is 0 Å². The normalized spacial score (nSPS) is 21.3. The number of hydrogen-bond donors (Lipinski definition) is 3. The second-order valence-electron chi connectivity index (χ2n) is 3.80. The lowest BCUT2D eigenvalue weighted by Crippen LogP contribution is -2.46. The molecular weight excluding hydrogens is 204 g/mol. The zero-order valence-electron chi connectivity index (χ0n) is 8.36. The Morgan fingerprint density at radius 2 is 2.00 bits per heavy atom. The Morgan fingerprint density at radius 1 is 1.43 bits per heavy atom. The van der Waals surface area contributed by atoms with E-state index >= 15 is 0 Å². The first-order chi connectivity index (χ1) is 6.53. The molecule has 0 aromatic heterocycles. The third-order valence-corrected chi connectivity index (χ3v) is 3.66. The zero-order chi connectivity index (χ0) is 10.6. The summed E-state index contributed by atoms with van der Waals surface area (Å²) in [6.45, 7) is 1.43. The van der Waals surface area contributed by atoms with E-state index in [2.05, 4.69) is 9.44 Å². The average Bonchev–Trinajstić information content (AvgIpc) is 2.54. The molecule has 84 valence electrons. The van der Waals surface area contributed by atoms with Gasteiger partial charge in [-0.3, -0.25) is 0 Å². The number of hydrogen-bond acceptors (Lipinski definition) is 3. The van der Waals surface area contributed by atoms with Gasteiger partial charge in [-0.2, -0.15) is 17.9 Å². The molecule has 0 radical (unpaired) electrons. The maximum atomic E-state index is 11.4. The van der Waals surface area contributed by atoms with Crippen molar-refractivity contribution in [3.8, 4) is 0 Å². The average molecular weight is 222 g/mol. The molecule has 0 saturated heterocycles. The summed E-state index contributed by atoms with van der Waals surface area (Å²) in [6, 6.07) is -0.368. The molecule has 1 aliphatic carbocycles. The van der Waals surface area contributed by atoms with E-state index in [4.69, 9.17) is 5.11 Å². The van der Waals surface area contributed by atoms with E-state index in [9.17, 15) is 8.42 Å². The lowest BCUT2D eigenvalue weighted by Gasteiger charge is -2.15. The van der Waals surface area contributed by atoms with Crippen molar-refractivity contribution < 1.29 is 13.5 Å². The molecule has 0 amide bonds. The van der Waals surface area contributed by atoms with Crippen molar-refractivity contribution in [2.45, 2.75) is 44.7 Å². The third-order valence-electron chi connectivity index (χ3n) is 2.31. The molecule has 1 unspecified atom stereocenters. The Labute approximate surface area is 85.1 Å². The predicted molar refractivity (Wildman–Crippen MR) is 54.0 cm³/mol. The van der Waals surface area contributed by atoms with Gasteiger partial charge in [0, 0.05) is 12.1 Å². The molecular formula is C8H18N2O3S. The maximum absolute atomic E-state index is 11.4. The standard InChI is InChI=1S/C8H18N2O3S/c1-7(6-11)9-14(12,13)10-8-4-2-3-5-8/h7-11H,2-6H2,1H3. The summed E-state index contributed by atoms with van der Waals surface area (Å²) in [5, 5.41) is 8.70. The van der Waals surface area contributed by atoms with Crippen LogP contribution in [-0.4, -0.2) is 32.2 Å². The van der Waals surface area contributed by atoms with Gasteiger partial charge in [0.2, 0.25) is 0 Å². The van der Waals surface area contributed by atoms with E-state index < -0.39 is 16.3 Å². The van der Waals surface area contributed by atoms with Crippen molar-refractivity contribution in [3.63, 3.8) is 0 Å². The largest absolute Gasteiger partial charge is 0.395 e. The quantitative estimate of drug-likeness (QED) is 0.599. The van der Waals surface area contributed by atoms with Gasteiger partial charge in [0.05, 0.1) is 6.61 Å². The molecule has 6 heteroatoms. The van der Waals surface area contributed by atoms with Crippen LogP contribution < -0.4 is 9.44 Å². The van der Waals surface area contributed by atoms with Crippen LogP contribution in [0.1, 0.15) is 32.6 Å². The highest BCUT2D eigenvalue weighted by Crippen LogP contribution is 2.17. The smallest absolute Gasteiger partial charge is 0.277 e. The lowest BCUT2D eigenvalue weighted by molar-refractivity contribution is 0.264. The van der Waals surface area contributed by atoms with Crippen molar-refractivity contribution in [2.24, 2.45) is 0 Å². The van der Waals surface area contributed by atoms with Crippen LogP contribution in [0.15, 0.2) is 0 Å². The fourth-order valence-electron chi connectivity index (χ4n) is 1.60. The highest BCUT2D eigenvalue weighted by molar-refractivity contribution is 7.87. The van der Waals surface area contributed by atoms with E-state index in [0.717, 1.165) is 25.7 Å². The minimum atomic E-state index is -3.44. The van der Waals surface area contributed by atoms with Gasteiger partial charge >= 0.3 is 0 Å². The molecule has 0 heterocycles. The number of rotatable bonds is 5. The minimum Gasteiger partial charge on any atom is -0.395 e. The first-order valence-corrected chi connectivity index (χ1v) is 6.42. The Bertz CT molecular complexity index is 260. The van der Waals surface area contributed by atoms with E-state index in [1.54, 1.807) is 6.92 Å². The molecule has 0 bridgehead atoms. The predicted octanol–water partition coefficient (Wildman–Crippen LogP) is -0.266. The van der Waals surface area contributed by atoms with Gasteiger partial charge in [0.15, 0.2) is 0 Å². The minimum absolute atomic E-state index is 0.0680. The summed E-state index contributed by atoms with van der Waals surface area (Å²) in [7, 11) is -3.44. The van der Waals surface area contributed by atoms with Crippen LogP contribution in [-0.2, 0) is 10.2 Å². The van der Waals surface area contributed by atoms with Gasteiger partial charge in [-0.25, -0.2) is 0 Å². The Hall–Kier alpha value is -0.170. The summed E-state index contributed by atoms with van der Waals surface area (Å²) in [5.41, 5.74) is 0. The van der Waals surface area contributed by atoms with Crippen LogP contribution in [0.25, 0.3) is 0 Å². The van der Waals surface area contributed by atoms with Crippen molar-refractivity contribution >= 4 is 10.2 Å². The monoisotopic (exact) mass is 222 g/mol. The number of nitrogens with one attached hydrogen (secondary N) is 2. The third kappa shape index (κ3) is 3.91. The van der Waals surface area contributed by atoms with Crippen molar-refractivity contribution in [1.82, 2.24) is 9.44 Å². The first-order valence-electron chi connectivity index (χ1n) is 4.94. The van der Waals surface area contributed by atoms with E-state index in [1.807, 2.05) is 0 Å². The van der Waals surface area contributed by atoms with E-state index in [0.29, 0.717) is 0 Å². The molecule has 1 fully saturated rings. The second-order valence-corrected chi connectivity index (χ2v) is 5.28. The Kier molecular flexibility index (Phi) is 4.31. The van der Waals surface area contributed by atoms with Crippen molar-refractivity contribution in [2.75, 3.05) is 6.61 Å². The van der Waals surface area contributed by atoms with Crippen LogP contribution in [0.5, 0.6) is 0 Å². The second kappa shape index (κ2) is 5.06.